The van der Waals surface area contributed by atoms with Gasteiger partial charge in [0, 0.05) is 5.25 Å². The van der Waals surface area contributed by atoms with Crippen LogP contribution in [-0.4, -0.2) is 47.7 Å². The third kappa shape index (κ3) is 4.58. The van der Waals surface area contributed by atoms with Crippen molar-refractivity contribution in [1.29, 1.82) is 0 Å². The molecule has 1 aliphatic carbocycles. The van der Waals surface area contributed by atoms with Gasteiger partial charge in [-0.15, -0.1) is 0 Å². The molecule has 0 aliphatic heterocycles. The van der Waals surface area contributed by atoms with E-state index in [1.54, 1.807) is 17.8 Å². The molecule has 26 heavy (non-hydrogen) atoms. The summed E-state index contributed by atoms with van der Waals surface area (Å²) in [6.45, 7) is 4.00. The lowest BCUT2D eigenvalue weighted by Gasteiger charge is -2.18. The Bertz CT molecular complexity index is 686. The van der Waals surface area contributed by atoms with Gasteiger partial charge in [0.25, 0.3) is 0 Å². The first-order valence-electron chi connectivity index (χ1n) is 8.51. The number of ether oxygens (including phenoxy) is 2. The largest absolute Gasteiger partial charge is 0.478 e. The van der Waals surface area contributed by atoms with E-state index in [2.05, 4.69) is 13.8 Å². The van der Waals surface area contributed by atoms with Crippen LogP contribution in [0.1, 0.15) is 47.4 Å². The Balaban J connectivity index is 1.84. The molecule has 7 heteroatoms. The highest BCUT2D eigenvalue weighted by atomic mass is 32.2. The second-order valence-corrected chi connectivity index (χ2v) is 7.85. The van der Waals surface area contributed by atoms with Crippen molar-refractivity contribution in [2.24, 2.45) is 11.3 Å². The number of carbonyl (C=O) groups is 3. The smallest absolute Gasteiger partial charge is 0.339 e. The van der Waals surface area contributed by atoms with Crippen LogP contribution in [0.4, 0.5) is 0 Å². The Morgan fingerprint density at radius 3 is 2.35 bits per heavy atom. The van der Waals surface area contributed by atoms with E-state index in [4.69, 9.17) is 14.6 Å². The molecule has 0 aromatic heterocycles. The first-order chi connectivity index (χ1) is 12.3. The van der Waals surface area contributed by atoms with Gasteiger partial charge in [-0.25, -0.2) is 9.59 Å². The summed E-state index contributed by atoms with van der Waals surface area (Å²) >= 11 is 1.67. The molecule has 0 spiro atoms. The average molecular weight is 380 g/mol. The molecule has 0 heterocycles. The van der Waals surface area contributed by atoms with E-state index in [0.29, 0.717) is 5.92 Å². The van der Waals surface area contributed by atoms with Crippen LogP contribution in [0.25, 0.3) is 0 Å². The summed E-state index contributed by atoms with van der Waals surface area (Å²) in [4.78, 5) is 35.6. The number of esters is 2. The summed E-state index contributed by atoms with van der Waals surface area (Å²) < 4.78 is 10.4. The number of aromatic carboxylic acids is 1. The zero-order valence-corrected chi connectivity index (χ0v) is 16.0. The molecule has 0 bridgehead atoms. The highest BCUT2D eigenvalue weighted by Crippen LogP contribution is 2.57. The number of benzene rings is 1. The molecular formula is C19H24O6S. The van der Waals surface area contributed by atoms with Gasteiger partial charge in [-0.2, -0.15) is 11.8 Å². The fourth-order valence-electron chi connectivity index (χ4n) is 3.16. The van der Waals surface area contributed by atoms with Gasteiger partial charge in [-0.1, -0.05) is 26.0 Å². The lowest BCUT2D eigenvalue weighted by atomic mass is 9.94. The summed E-state index contributed by atoms with van der Waals surface area (Å²) in [6.07, 6.45) is 3.59. The summed E-state index contributed by atoms with van der Waals surface area (Å²) in [5.74, 6) is -1.79. The third-order valence-corrected chi connectivity index (χ3v) is 5.58. The van der Waals surface area contributed by atoms with Crippen molar-refractivity contribution in [3.63, 3.8) is 0 Å². The van der Waals surface area contributed by atoms with Crippen molar-refractivity contribution in [2.45, 2.75) is 31.9 Å². The fourth-order valence-corrected chi connectivity index (χ4v) is 4.27. The molecule has 1 saturated carbocycles. The second-order valence-electron chi connectivity index (χ2n) is 6.81. The van der Waals surface area contributed by atoms with E-state index >= 15 is 0 Å². The Morgan fingerprint density at radius 1 is 1.19 bits per heavy atom. The predicted molar refractivity (Wildman–Crippen MR) is 98.5 cm³/mol. The zero-order valence-electron chi connectivity index (χ0n) is 15.2. The van der Waals surface area contributed by atoms with Crippen LogP contribution in [0.15, 0.2) is 24.3 Å². The number of carboxylic acid groups (broad SMARTS) is 1. The topological polar surface area (TPSA) is 89.9 Å². The molecule has 2 atom stereocenters. The Hall–Kier alpha value is -2.02. The van der Waals surface area contributed by atoms with Crippen LogP contribution in [-0.2, 0) is 14.3 Å². The van der Waals surface area contributed by atoms with E-state index in [1.807, 2.05) is 6.26 Å². The van der Waals surface area contributed by atoms with E-state index in [-0.39, 0.29) is 35.6 Å². The van der Waals surface area contributed by atoms with Crippen molar-refractivity contribution in [3.05, 3.63) is 35.4 Å². The number of carbonyl (C=O) groups excluding carboxylic acids is 2. The number of thioether (sulfide) groups is 1. The second kappa shape index (κ2) is 8.58. The highest BCUT2D eigenvalue weighted by Gasteiger charge is 2.60. The molecule has 6 nitrogen and oxygen atoms in total. The summed E-state index contributed by atoms with van der Waals surface area (Å²) in [6, 6.07) is 5.83. The maximum absolute atomic E-state index is 12.4. The lowest BCUT2D eigenvalue weighted by molar-refractivity contribution is -0.151. The first kappa shape index (κ1) is 20.3. The maximum atomic E-state index is 12.4. The van der Waals surface area contributed by atoms with Crippen LogP contribution in [0.2, 0.25) is 0 Å². The molecule has 1 aliphatic rings. The standard InChI is InChI=1S/C19H24O6S/c1-12(2)10-19(11-15(19)26-3)18(23)25-9-8-24-17(22)14-7-5-4-6-13(14)16(20)21/h4-7,12,15H,8-11H2,1-3H3,(H,20,21). The van der Waals surface area contributed by atoms with E-state index in [9.17, 15) is 14.4 Å². The van der Waals surface area contributed by atoms with Crippen molar-refractivity contribution in [1.82, 2.24) is 0 Å². The molecule has 0 radical (unpaired) electrons. The van der Waals surface area contributed by atoms with Gasteiger partial charge in [0.1, 0.15) is 13.2 Å². The van der Waals surface area contributed by atoms with Crippen molar-refractivity contribution in [2.75, 3.05) is 19.5 Å². The van der Waals surface area contributed by atoms with Crippen molar-refractivity contribution in [3.8, 4) is 0 Å². The predicted octanol–water partition coefficient (Wildman–Crippen LogP) is 3.25. The van der Waals surface area contributed by atoms with Gasteiger partial charge in [0.05, 0.1) is 16.5 Å². The molecule has 2 rings (SSSR count). The maximum Gasteiger partial charge on any atom is 0.339 e. The van der Waals surface area contributed by atoms with Crippen LogP contribution in [0.5, 0.6) is 0 Å². The minimum atomic E-state index is -1.20. The molecule has 0 saturated heterocycles. The van der Waals surface area contributed by atoms with Crippen LogP contribution >= 0.6 is 11.8 Å². The Morgan fingerprint density at radius 2 is 1.81 bits per heavy atom. The van der Waals surface area contributed by atoms with Gasteiger partial charge in [-0.05, 0) is 37.1 Å². The van der Waals surface area contributed by atoms with Crippen molar-refractivity contribution < 1.29 is 29.0 Å². The van der Waals surface area contributed by atoms with E-state index < -0.39 is 17.4 Å². The summed E-state index contributed by atoms with van der Waals surface area (Å²) in [7, 11) is 0. The van der Waals surface area contributed by atoms with Crippen LogP contribution < -0.4 is 0 Å². The number of hydrogen-bond donors (Lipinski definition) is 1. The van der Waals surface area contributed by atoms with Gasteiger partial charge < -0.3 is 14.6 Å². The molecule has 142 valence electrons. The van der Waals surface area contributed by atoms with E-state index in [0.717, 1.165) is 12.8 Å². The minimum absolute atomic E-state index is 0.0211. The van der Waals surface area contributed by atoms with Crippen molar-refractivity contribution >= 4 is 29.7 Å². The summed E-state index contributed by atoms with van der Waals surface area (Å²) in [5, 5.41) is 9.38. The monoisotopic (exact) mass is 380 g/mol. The molecule has 1 aromatic rings. The normalized spacial score (nSPS) is 21.3. The number of carboxylic acids is 1. The van der Waals surface area contributed by atoms with Crippen LogP contribution in [0, 0.1) is 11.3 Å². The molecular weight excluding hydrogens is 356 g/mol. The quantitative estimate of drug-likeness (QED) is 0.519. The Kier molecular flexibility index (Phi) is 6.69. The SMILES string of the molecule is CSC1CC1(CC(C)C)C(=O)OCCOC(=O)c1ccccc1C(=O)O. The molecule has 1 aromatic carbocycles. The fraction of sp³-hybridized carbons (Fsp3) is 0.526. The molecule has 1 fully saturated rings. The van der Waals surface area contributed by atoms with Crippen LogP contribution in [0.3, 0.4) is 0 Å². The van der Waals surface area contributed by atoms with Gasteiger partial charge in [-0.3, -0.25) is 4.79 Å². The van der Waals surface area contributed by atoms with Gasteiger partial charge in [0.15, 0.2) is 0 Å². The lowest BCUT2D eigenvalue weighted by Crippen LogP contribution is -2.26. The number of hydrogen-bond acceptors (Lipinski definition) is 6. The number of rotatable bonds is 9. The molecule has 0 amide bonds. The average Bonchev–Trinajstić information content (AvgIpc) is 3.31. The minimum Gasteiger partial charge on any atom is -0.478 e. The molecule has 2 unspecified atom stereocenters. The van der Waals surface area contributed by atoms with Gasteiger partial charge in [0.2, 0.25) is 0 Å². The third-order valence-electron chi connectivity index (χ3n) is 4.40. The summed E-state index contributed by atoms with van der Waals surface area (Å²) in [5.41, 5.74) is -0.563. The zero-order chi connectivity index (χ0) is 19.3. The first-order valence-corrected chi connectivity index (χ1v) is 9.80. The van der Waals surface area contributed by atoms with Gasteiger partial charge >= 0.3 is 17.9 Å². The molecule has 1 N–H and O–H groups in total. The van der Waals surface area contributed by atoms with E-state index in [1.165, 1.54) is 18.2 Å². The highest BCUT2D eigenvalue weighted by molar-refractivity contribution is 7.99. The Labute approximate surface area is 157 Å².